The van der Waals surface area contributed by atoms with Gasteiger partial charge in [0.1, 0.15) is 12.7 Å². The third-order valence-corrected chi connectivity index (χ3v) is 5.95. The van der Waals surface area contributed by atoms with Gasteiger partial charge in [0.15, 0.2) is 0 Å². The van der Waals surface area contributed by atoms with E-state index in [1.165, 1.54) is 77.0 Å². The van der Waals surface area contributed by atoms with Crippen molar-refractivity contribution < 1.29 is 40.2 Å². The van der Waals surface area contributed by atoms with Crippen LogP contribution in [-0.2, 0) is 9.53 Å². The fourth-order valence-corrected chi connectivity index (χ4v) is 3.29. The second-order valence-corrected chi connectivity index (χ2v) is 9.35. The van der Waals surface area contributed by atoms with E-state index in [1.807, 2.05) is 0 Å². The Morgan fingerprint density at radius 2 is 1.00 bits per heavy atom. The molecule has 0 aliphatic carbocycles. The lowest BCUT2D eigenvalue weighted by Crippen LogP contribution is -2.39. The van der Waals surface area contributed by atoms with Crippen molar-refractivity contribution in [3.63, 3.8) is 0 Å². The number of hydrogen-bond acceptors (Lipinski definition) is 8. The quantitative estimate of drug-likeness (QED) is 0.0938. The molecule has 0 amide bonds. The van der Waals surface area contributed by atoms with Crippen molar-refractivity contribution in [1.29, 1.82) is 0 Å². The molecule has 8 nitrogen and oxygen atoms in total. The monoisotopic (exact) mass is 494 g/mol. The molecule has 0 rings (SSSR count). The summed E-state index contributed by atoms with van der Waals surface area (Å²) in [6.45, 7) is 0.155. The molecular weight excluding hydrogens is 440 g/mol. The number of rotatable bonds is 23. The first-order chi connectivity index (χ1) is 16.4. The first-order valence-electron chi connectivity index (χ1n) is 13.3. The summed E-state index contributed by atoms with van der Waals surface area (Å²) in [5, 5.41) is 51.6. The second kappa shape index (κ2) is 26.8. The molecule has 0 aliphatic heterocycles. The van der Waals surface area contributed by atoms with E-state index in [4.69, 9.17) is 20.1 Å². The first-order valence-corrected chi connectivity index (χ1v) is 13.3. The highest BCUT2D eigenvalue weighted by Gasteiger charge is 2.29. The van der Waals surface area contributed by atoms with Gasteiger partial charge in [-0.25, -0.2) is 0 Å². The van der Waals surface area contributed by atoms with Crippen LogP contribution in [0.1, 0.15) is 110 Å². The van der Waals surface area contributed by atoms with Gasteiger partial charge >= 0.3 is 5.97 Å². The van der Waals surface area contributed by atoms with Crippen LogP contribution in [0.15, 0.2) is 0 Å². The minimum Gasteiger partial charge on any atom is -0.465 e. The lowest BCUT2D eigenvalue weighted by atomic mass is 9.93. The molecule has 0 aromatic heterocycles. The third-order valence-electron chi connectivity index (χ3n) is 5.95. The van der Waals surface area contributed by atoms with E-state index in [0.717, 1.165) is 19.3 Å². The molecule has 0 aromatic rings. The highest BCUT2D eigenvalue weighted by molar-refractivity contribution is 5.69. The van der Waals surface area contributed by atoms with Crippen molar-refractivity contribution in [2.75, 3.05) is 39.6 Å². The second-order valence-electron chi connectivity index (χ2n) is 9.35. The molecule has 6 N–H and O–H groups in total. The van der Waals surface area contributed by atoms with Gasteiger partial charge in [0.05, 0.1) is 38.4 Å². The third kappa shape index (κ3) is 23.0. The van der Waals surface area contributed by atoms with Gasteiger partial charge in [-0.1, -0.05) is 96.8 Å². The summed E-state index contributed by atoms with van der Waals surface area (Å²) in [6.07, 6.45) is 18.7. The summed E-state index contributed by atoms with van der Waals surface area (Å²) in [6, 6.07) is 0. The molecule has 0 atom stereocenters. The zero-order chi connectivity index (χ0) is 25.9. The van der Waals surface area contributed by atoms with Crippen molar-refractivity contribution in [3.8, 4) is 0 Å². The van der Waals surface area contributed by atoms with E-state index in [-0.39, 0.29) is 25.8 Å². The number of unbranched alkanes of at least 4 members (excludes halogenated alkanes) is 14. The van der Waals surface area contributed by atoms with E-state index in [9.17, 15) is 20.1 Å². The molecule has 0 heterocycles. The number of ether oxygens (including phenoxy) is 1. The minimum atomic E-state index is -1.13. The number of hydrogen-bond donors (Lipinski definition) is 6. The number of aliphatic hydroxyl groups excluding tert-OH is 6. The summed E-state index contributed by atoms with van der Waals surface area (Å²) in [5.74, 6) is -0.325. The smallest absolute Gasteiger partial charge is 0.305 e. The van der Waals surface area contributed by atoms with Crippen LogP contribution in [0.25, 0.3) is 0 Å². The van der Waals surface area contributed by atoms with Crippen LogP contribution < -0.4 is 0 Å². The highest BCUT2D eigenvalue weighted by atomic mass is 16.5. The van der Waals surface area contributed by atoms with E-state index in [1.54, 1.807) is 0 Å². The highest BCUT2D eigenvalue weighted by Crippen LogP contribution is 2.16. The summed E-state index contributed by atoms with van der Waals surface area (Å²) in [7, 11) is 0. The van der Waals surface area contributed by atoms with Gasteiger partial charge in [0, 0.05) is 6.42 Å². The van der Waals surface area contributed by atoms with Gasteiger partial charge in [0.2, 0.25) is 0 Å². The van der Waals surface area contributed by atoms with Gasteiger partial charge in [-0.05, 0) is 6.42 Å². The Hall–Kier alpha value is -0.770. The van der Waals surface area contributed by atoms with Crippen LogP contribution >= 0.6 is 0 Å². The summed E-state index contributed by atoms with van der Waals surface area (Å²) < 4.78 is 5.08. The number of carbonyl (C=O) groups excluding carboxylic acids is 1. The zero-order valence-electron chi connectivity index (χ0n) is 21.6. The minimum absolute atomic E-state index is 0.145. The Morgan fingerprint density at radius 1 is 0.647 bits per heavy atom. The molecule has 0 aromatic carbocycles. The van der Waals surface area contributed by atoms with Crippen molar-refractivity contribution >= 4 is 5.97 Å². The lowest BCUT2D eigenvalue weighted by Gasteiger charge is -2.26. The predicted octanol–water partition coefficient (Wildman–Crippen LogP) is 3.09. The maximum Gasteiger partial charge on any atom is 0.305 e. The van der Waals surface area contributed by atoms with E-state index in [0.29, 0.717) is 6.42 Å². The van der Waals surface area contributed by atoms with Crippen LogP contribution in [0, 0.1) is 5.41 Å². The topological polar surface area (TPSA) is 148 Å². The number of esters is 1. The van der Waals surface area contributed by atoms with E-state index < -0.39 is 31.3 Å². The Labute approximate surface area is 207 Å². The summed E-state index contributed by atoms with van der Waals surface area (Å²) in [5.41, 5.74) is -1.13. The Bertz CT molecular complexity index is 403. The maximum atomic E-state index is 11.7. The molecule has 0 fully saturated rings. The van der Waals surface area contributed by atoms with Gasteiger partial charge < -0.3 is 35.4 Å². The number of carbonyl (C=O) groups is 1. The molecule has 8 heteroatoms. The molecule has 0 unspecified atom stereocenters. The molecular formula is C26H54O8. The molecule has 0 radical (unpaired) electrons. The molecule has 0 saturated carbocycles. The number of aliphatic hydroxyl groups is 6. The van der Waals surface area contributed by atoms with E-state index >= 15 is 0 Å². The molecule has 34 heavy (non-hydrogen) atoms. The molecule has 0 spiro atoms. The standard InChI is InChI=1S/C23H46O5.C3H8O3/c1-2-3-4-5-6-7-8-9-10-11-12-13-14-15-16-17-22(27)28-21-23(18-24,19-25)20-26;4-1-3(6)2-5/h24-26H,2-21H2,1H3;3-6H,1-2H2. The normalized spacial score (nSPS) is 11.4. The van der Waals surface area contributed by atoms with E-state index in [2.05, 4.69) is 6.92 Å². The summed E-state index contributed by atoms with van der Waals surface area (Å²) in [4.78, 5) is 11.7. The van der Waals surface area contributed by atoms with Crippen LogP contribution in [0.5, 0.6) is 0 Å². The van der Waals surface area contributed by atoms with Crippen molar-refractivity contribution in [3.05, 3.63) is 0 Å². The fourth-order valence-electron chi connectivity index (χ4n) is 3.29. The van der Waals surface area contributed by atoms with Crippen LogP contribution in [0.4, 0.5) is 0 Å². The molecule has 0 saturated heterocycles. The van der Waals surface area contributed by atoms with Crippen molar-refractivity contribution in [1.82, 2.24) is 0 Å². The van der Waals surface area contributed by atoms with Gasteiger partial charge in [0.25, 0.3) is 0 Å². The Morgan fingerprint density at radius 3 is 1.29 bits per heavy atom. The maximum absolute atomic E-state index is 11.7. The molecule has 206 valence electrons. The van der Waals surface area contributed by atoms with Crippen molar-refractivity contribution in [2.24, 2.45) is 5.41 Å². The summed E-state index contributed by atoms with van der Waals surface area (Å²) >= 11 is 0. The lowest BCUT2D eigenvalue weighted by molar-refractivity contribution is -0.151. The Kier molecular flexibility index (Phi) is 27.9. The van der Waals surface area contributed by atoms with Gasteiger partial charge in [-0.3, -0.25) is 4.79 Å². The average molecular weight is 495 g/mol. The molecule has 0 aliphatic rings. The first kappa shape index (κ1) is 35.4. The predicted molar refractivity (Wildman–Crippen MR) is 134 cm³/mol. The average Bonchev–Trinajstić information content (AvgIpc) is 2.87. The molecule has 0 bridgehead atoms. The van der Waals surface area contributed by atoms with Gasteiger partial charge in [-0.15, -0.1) is 0 Å². The van der Waals surface area contributed by atoms with Crippen LogP contribution in [0.2, 0.25) is 0 Å². The SMILES string of the molecule is CCCCCCCCCCCCCCCCCC(=O)OCC(CO)(CO)CO.OCC(O)CO. The van der Waals surface area contributed by atoms with Crippen LogP contribution in [-0.4, -0.2) is 82.4 Å². The Balaban J connectivity index is 0. The zero-order valence-corrected chi connectivity index (χ0v) is 21.6. The van der Waals surface area contributed by atoms with Crippen molar-refractivity contribution in [2.45, 2.75) is 116 Å². The fraction of sp³-hybridized carbons (Fsp3) is 0.962. The van der Waals surface area contributed by atoms with Crippen LogP contribution in [0.3, 0.4) is 0 Å². The van der Waals surface area contributed by atoms with Gasteiger partial charge in [-0.2, -0.15) is 0 Å². The largest absolute Gasteiger partial charge is 0.465 e.